The minimum absolute atomic E-state index is 0.0579. The molecule has 6 nitrogen and oxygen atoms in total. The minimum atomic E-state index is -0.668. The number of esters is 1. The molecule has 3 rings (SSSR count). The molecule has 27 heavy (non-hydrogen) atoms. The third kappa shape index (κ3) is 4.39. The van der Waals surface area contributed by atoms with Crippen molar-refractivity contribution in [2.75, 3.05) is 13.2 Å². The highest BCUT2D eigenvalue weighted by Gasteiger charge is 2.36. The third-order valence-electron chi connectivity index (χ3n) is 4.73. The zero-order chi connectivity index (χ0) is 19.4. The predicted octanol–water partition coefficient (Wildman–Crippen LogP) is 3.08. The average molecular weight is 369 g/mol. The standard InChI is InChI=1S/C21H23NO5/c1-14-4-2-5-15(8-7-14)13-27-21(26)18-6-3-11-22(18)20(25)17-10-9-16(23)12-19(17)24/h2,5,7-10,12,18,23-24H,3-4,6,11,13H2,1H3. The Kier molecular flexibility index (Phi) is 5.64. The van der Waals surface area contributed by atoms with Gasteiger partial charge in [-0.15, -0.1) is 0 Å². The van der Waals surface area contributed by atoms with Crippen LogP contribution in [0.2, 0.25) is 0 Å². The van der Waals surface area contributed by atoms with Crippen LogP contribution in [0.5, 0.6) is 11.5 Å². The Hall–Kier alpha value is -3.02. The van der Waals surface area contributed by atoms with Crippen molar-refractivity contribution in [3.8, 4) is 11.5 Å². The number of allylic oxidation sites excluding steroid dienone is 4. The van der Waals surface area contributed by atoms with Crippen LogP contribution in [0.15, 0.2) is 53.6 Å². The molecule has 142 valence electrons. The lowest BCUT2D eigenvalue weighted by molar-refractivity contribution is -0.147. The third-order valence-corrected chi connectivity index (χ3v) is 4.73. The van der Waals surface area contributed by atoms with Crippen molar-refractivity contribution in [1.82, 2.24) is 4.90 Å². The van der Waals surface area contributed by atoms with Crippen LogP contribution in [0.3, 0.4) is 0 Å². The molecule has 1 atom stereocenters. The first-order chi connectivity index (χ1) is 13.0. The molecule has 1 amide bonds. The van der Waals surface area contributed by atoms with Crippen LogP contribution >= 0.6 is 0 Å². The van der Waals surface area contributed by atoms with Gasteiger partial charge in [-0.3, -0.25) is 4.79 Å². The quantitative estimate of drug-likeness (QED) is 0.797. The van der Waals surface area contributed by atoms with Gasteiger partial charge in [0.05, 0.1) is 5.56 Å². The van der Waals surface area contributed by atoms with Crippen molar-refractivity contribution in [3.05, 3.63) is 59.2 Å². The molecule has 0 bridgehead atoms. The highest BCUT2D eigenvalue weighted by atomic mass is 16.5. The normalized spacial score (nSPS) is 19.3. The summed E-state index contributed by atoms with van der Waals surface area (Å²) in [5.74, 6) is -1.33. The maximum Gasteiger partial charge on any atom is 0.329 e. The van der Waals surface area contributed by atoms with Gasteiger partial charge >= 0.3 is 5.97 Å². The number of likely N-dealkylation sites (tertiary alicyclic amines) is 1. The molecule has 2 aliphatic rings. The number of nitrogens with zero attached hydrogens (tertiary/aromatic N) is 1. The maximum absolute atomic E-state index is 12.7. The lowest BCUT2D eigenvalue weighted by Gasteiger charge is -2.23. The number of benzene rings is 1. The van der Waals surface area contributed by atoms with E-state index in [1.807, 2.05) is 31.2 Å². The van der Waals surface area contributed by atoms with Crippen molar-refractivity contribution in [3.63, 3.8) is 0 Å². The fraction of sp³-hybridized carbons (Fsp3) is 0.333. The van der Waals surface area contributed by atoms with Crippen LogP contribution in [0.25, 0.3) is 0 Å². The second-order valence-corrected chi connectivity index (χ2v) is 6.83. The number of carbonyl (C=O) groups is 2. The summed E-state index contributed by atoms with van der Waals surface area (Å²) in [4.78, 5) is 26.7. The summed E-state index contributed by atoms with van der Waals surface area (Å²) in [5, 5.41) is 19.3. The SMILES string of the molecule is CC1=CC=C(COC(=O)C2CCCN2C(=O)c2ccc(O)cc2O)C=CC1. The molecule has 0 spiro atoms. The number of rotatable bonds is 4. The first kappa shape index (κ1) is 18.8. The Balaban J connectivity index is 1.66. The number of carbonyl (C=O) groups excluding carboxylic acids is 2. The van der Waals surface area contributed by atoms with E-state index < -0.39 is 17.9 Å². The van der Waals surface area contributed by atoms with Crippen LogP contribution in [-0.2, 0) is 9.53 Å². The molecule has 6 heteroatoms. The van der Waals surface area contributed by atoms with E-state index in [9.17, 15) is 19.8 Å². The van der Waals surface area contributed by atoms with Gasteiger partial charge in [-0.2, -0.15) is 0 Å². The van der Waals surface area contributed by atoms with E-state index in [1.165, 1.54) is 22.6 Å². The number of hydrogen-bond donors (Lipinski definition) is 2. The molecular formula is C21H23NO5. The van der Waals surface area contributed by atoms with E-state index in [1.54, 1.807) is 0 Å². The van der Waals surface area contributed by atoms with Gasteiger partial charge in [0.25, 0.3) is 5.91 Å². The predicted molar refractivity (Wildman–Crippen MR) is 100 cm³/mol. The molecule has 1 saturated heterocycles. The van der Waals surface area contributed by atoms with E-state index in [-0.39, 0.29) is 23.7 Å². The molecule has 2 N–H and O–H groups in total. The van der Waals surface area contributed by atoms with Gasteiger partial charge in [0.15, 0.2) is 0 Å². The monoisotopic (exact) mass is 369 g/mol. The molecule has 1 aromatic rings. The topological polar surface area (TPSA) is 87.1 Å². The number of phenolic OH excluding ortho intramolecular Hbond substituents is 2. The smallest absolute Gasteiger partial charge is 0.329 e. The molecule has 1 aromatic carbocycles. The Bertz CT molecular complexity index is 837. The van der Waals surface area contributed by atoms with E-state index in [2.05, 4.69) is 0 Å². The summed E-state index contributed by atoms with van der Waals surface area (Å²) < 4.78 is 5.44. The Morgan fingerprint density at radius 1 is 1.26 bits per heavy atom. The minimum Gasteiger partial charge on any atom is -0.508 e. The lowest BCUT2D eigenvalue weighted by Crippen LogP contribution is -2.41. The molecule has 1 aliphatic heterocycles. The Morgan fingerprint density at radius 3 is 2.85 bits per heavy atom. The van der Waals surface area contributed by atoms with Crippen LogP contribution in [0.1, 0.15) is 36.5 Å². The molecule has 1 aliphatic carbocycles. The van der Waals surface area contributed by atoms with Gasteiger partial charge in [-0.25, -0.2) is 4.79 Å². The van der Waals surface area contributed by atoms with Gasteiger partial charge in [0.1, 0.15) is 24.1 Å². The summed E-state index contributed by atoms with van der Waals surface area (Å²) >= 11 is 0. The largest absolute Gasteiger partial charge is 0.508 e. The number of aromatic hydroxyl groups is 2. The van der Waals surface area contributed by atoms with Crippen LogP contribution in [-0.4, -0.2) is 46.2 Å². The second-order valence-electron chi connectivity index (χ2n) is 6.83. The zero-order valence-electron chi connectivity index (χ0n) is 15.2. The summed E-state index contributed by atoms with van der Waals surface area (Å²) in [5.41, 5.74) is 2.18. The van der Waals surface area contributed by atoms with Crippen molar-refractivity contribution < 1.29 is 24.5 Å². The summed E-state index contributed by atoms with van der Waals surface area (Å²) in [6, 6.07) is 3.12. The van der Waals surface area contributed by atoms with Crippen molar-refractivity contribution in [2.45, 2.75) is 32.2 Å². The van der Waals surface area contributed by atoms with Crippen LogP contribution in [0.4, 0.5) is 0 Å². The maximum atomic E-state index is 12.7. The van der Waals surface area contributed by atoms with Gasteiger partial charge in [0.2, 0.25) is 0 Å². The van der Waals surface area contributed by atoms with Gasteiger partial charge < -0.3 is 19.8 Å². The Morgan fingerprint density at radius 2 is 2.07 bits per heavy atom. The molecule has 1 unspecified atom stereocenters. The van der Waals surface area contributed by atoms with Crippen LogP contribution in [0, 0.1) is 0 Å². The van der Waals surface area contributed by atoms with E-state index in [0.717, 1.165) is 18.1 Å². The Labute approximate surface area is 158 Å². The number of ether oxygens (including phenoxy) is 1. The average Bonchev–Trinajstić information content (AvgIpc) is 3.03. The lowest BCUT2D eigenvalue weighted by atomic mass is 10.1. The summed E-state index contributed by atoms with van der Waals surface area (Å²) in [6.45, 7) is 2.61. The number of hydrogen-bond acceptors (Lipinski definition) is 5. The summed E-state index contributed by atoms with van der Waals surface area (Å²) in [7, 11) is 0. The van der Waals surface area contributed by atoms with E-state index in [0.29, 0.717) is 19.4 Å². The fourth-order valence-electron chi connectivity index (χ4n) is 3.23. The summed E-state index contributed by atoms with van der Waals surface area (Å²) in [6.07, 6.45) is 9.98. The van der Waals surface area contributed by atoms with Crippen molar-refractivity contribution >= 4 is 11.9 Å². The fourth-order valence-corrected chi connectivity index (χ4v) is 3.23. The molecule has 1 fully saturated rings. The molecule has 1 heterocycles. The van der Waals surface area contributed by atoms with Gasteiger partial charge in [-0.05, 0) is 43.9 Å². The first-order valence-corrected chi connectivity index (χ1v) is 8.98. The van der Waals surface area contributed by atoms with Gasteiger partial charge in [-0.1, -0.05) is 29.9 Å². The molecular weight excluding hydrogens is 346 g/mol. The first-order valence-electron chi connectivity index (χ1n) is 8.98. The molecule has 0 radical (unpaired) electrons. The number of amides is 1. The molecule has 0 aromatic heterocycles. The highest BCUT2D eigenvalue weighted by Crippen LogP contribution is 2.28. The van der Waals surface area contributed by atoms with Gasteiger partial charge in [0, 0.05) is 12.6 Å². The van der Waals surface area contributed by atoms with E-state index in [4.69, 9.17) is 4.74 Å². The molecule has 0 saturated carbocycles. The van der Waals surface area contributed by atoms with Crippen LogP contribution < -0.4 is 0 Å². The van der Waals surface area contributed by atoms with Crippen molar-refractivity contribution in [2.24, 2.45) is 0 Å². The highest BCUT2D eigenvalue weighted by molar-refractivity contribution is 5.99. The second kappa shape index (κ2) is 8.12. The van der Waals surface area contributed by atoms with Crippen molar-refractivity contribution in [1.29, 1.82) is 0 Å². The zero-order valence-corrected chi connectivity index (χ0v) is 15.2. The van der Waals surface area contributed by atoms with E-state index >= 15 is 0 Å². The number of phenols is 2.